The second kappa shape index (κ2) is 12.6. The monoisotopic (exact) mass is 534 g/mol. The van der Waals surface area contributed by atoms with Crippen LogP contribution >= 0.6 is 11.8 Å². The van der Waals surface area contributed by atoms with Crippen LogP contribution in [0.15, 0.2) is 114 Å². The molecule has 0 radical (unpaired) electrons. The Morgan fingerprint density at radius 1 is 0.811 bits per heavy atom. The first-order valence-corrected chi connectivity index (χ1v) is 14.4. The summed E-state index contributed by atoms with van der Waals surface area (Å²) in [6, 6.07) is 30.8. The molecule has 0 atom stereocenters. The molecule has 4 aromatic rings. The molecule has 0 saturated heterocycles. The van der Waals surface area contributed by atoms with Crippen molar-refractivity contribution in [1.82, 2.24) is 5.32 Å². The van der Waals surface area contributed by atoms with Crippen molar-refractivity contribution in [2.45, 2.75) is 17.2 Å². The van der Waals surface area contributed by atoms with Crippen molar-refractivity contribution in [2.24, 2.45) is 0 Å². The van der Waals surface area contributed by atoms with Gasteiger partial charge in [0, 0.05) is 23.6 Å². The van der Waals surface area contributed by atoms with Crippen LogP contribution in [0.4, 0.5) is 10.1 Å². The highest BCUT2D eigenvalue weighted by molar-refractivity contribution is 7.98. The number of sulfonamides is 1. The summed E-state index contributed by atoms with van der Waals surface area (Å²) in [5, 5.41) is 2.87. The van der Waals surface area contributed by atoms with E-state index in [4.69, 9.17) is 0 Å². The molecule has 0 aromatic heterocycles. The fraction of sp³-hybridized carbons (Fsp3) is 0.138. The Balaban J connectivity index is 1.37. The third-order valence-corrected chi connectivity index (χ3v) is 8.46. The Hall–Kier alpha value is -3.62. The average Bonchev–Trinajstić information content (AvgIpc) is 2.93. The predicted molar refractivity (Wildman–Crippen MR) is 148 cm³/mol. The fourth-order valence-corrected chi connectivity index (χ4v) is 6.01. The molecule has 4 rings (SSSR count). The molecule has 0 unspecified atom stereocenters. The number of amides is 1. The van der Waals surface area contributed by atoms with Crippen LogP contribution in [0.1, 0.15) is 21.5 Å². The van der Waals surface area contributed by atoms with Crippen LogP contribution in [-0.2, 0) is 22.3 Å². The first-order chi connectivity index (χ1) is 17.9. The lowest BCUT2D eigenvalue weighted by molar-refractivity contribution is 0.0956. The highest BCUT2D eigenvalue weighted by Crippen LogP contribution is 2.26. The first kappa shape index (κ1) is 26.4. The Labute approximate surface area is 221 Å². The number of nitrogens with one attached hydrogen (secondary N) is 1. The van der Waals surface area contributed by atoms with E-state index in [9.17, 15) is 17.6 Å². The van der Waals surface area contributed by atoms with Crippen molar-refractivity contribution in [1.29, 1.82) is 0 Å². The van der Waals surface area contributed by atoms with Crippen LogP contribution in [0.3, 0.4) is 0 Å². The second-order valence-electron chi connectivity index (χ2n) is 8.26. The molecule has 1 amide bonds. The molecule has 8 heteroatoms. The molecule has 0 saturated carbocycles. The molecular formula is C29H27FN2O3S2. The van der Waals surface area contributed by atoms with Crippen molar-refractivity contribution in [3.8, 4) is 0 Å². The molecule has 0 heterocycles. The minimum atomic E-state index is -3.79. The van der Waals surface area contributed by atoms with Crippen molar-refractivity contribution in [3.05, 3.63) is 132 Å². The van der Waals surface area contributed by atoms with E-state index in [1.54, 1.807) is 109 Å². The standard InChI is InChI=1S/C29H27FN2O3S2/c30-28-14-8-7-9-25(28)22-36-20-19-31-29(33)24-17-15-23(16-18-24)21-32(26-10-3-1-4-11-26)37(34,35)27-12-5-2-6-13-27/h1-18H,19-22H2,(H,31,33). The highest BCUT2D eigenvalue weighted by atomic mass is 32.2. The van der Waals surface area contributed by atoms with E-state index < -0.39 is 10.0 Å². The third-order valence-electron chi connectivity index (χ3n) is 5.67. The molecule has 0 spiro atoms. The van der Waals surface area contributed by atoms with E-state index in [1.165, 1.54) is 10.4 Å². The summed E-state index contributed by atoms with van der Waals surface area (Å²) in [6.45, 7) is 0.576. The highest BCUT2D eigenvalue weighted by Gasteiger charge is 2.25. The van der Waals surface area contributed by atoms with Crippen LogP contribution in [0.5, 0.6) is 0 Å². The lowest BCUT2D eigenvalue weighted by Gasteiger charge is -2.25. The maximum atomic E-state index is 13.7. The molecule has 0 bridgehead atoms. The molecular weight excluding hydrogens is 507 g/mol. The van der Waals surface area contributed by atoms with Crippen molar-refractivity contribution < 1.29 is 17.6 Å². The topological polar surface area (TPSA) is 66.5 Å². The molecule has 0 fully saturated rings. The maximum Gasteiger partial charge on any atom is 0.264 e. The smallest absolute Gasteiger partial charge is 0.264 e. The predicted octanol–water partition coefficient (Wildman–Crippen LogP) is 5.88. The zero-order chi connectivity index (χ0) is 26.1. The summed E-state index contributed by atoms with van der Waals surface area (Å²) in [7, 11) is -3.79. The third kappa shape index (κ3) is 6.99. The minimum absolute atomic E-state index is 0.121. The molecule has 0 aliphatic rings. The lowest BCUT2D eigenvalue weighted by Crippen LogP contribution is -2.30. The number of rotatable bonds is 11. The van der Waals surface area contributed by atoms with Crippen molar-refractivity contribution in [3.63, 3.8) is 0 Å². The molecule has 1 N–H and O–H groups in total. The number of carbonyl (C=O) groups is 1. The molecule has 37 heavy (non-hydrogen) atoms. The average molecular weight is 535 g/mol. The van der Waals surface area contributed by atoms with Gasteiger partial charge in [-0.05, 0) is 53.6 Å². The van der Waals surface area contributed by atoms with Crippen molar-refractivity contribution >= 4 is 33.4 Å². The number of hydrogen-bond donors (Lipinski definition) is 1. The van der Waals surface area contributed by atoms with Gasteiger partial charge in [-0.15, -0.1) is 0 Å². The number of hydrogen-bond acceptors (Lipinski definition) is 4. The Morgan fingerprint density at radius 3 is 2.11 bits per heavy atom. The van der Waals surface area contributed by atoms with Gasteiger partial charge in [0.2, 0.25) is 0 Å². The quantitative estimate of drug-likeness (QED) is 0.244. The summed E-state index contributed by atoms with van der Waals surface area (Å²) in [5.74, 6) is 0.763. The maximum absolute atomic E-state index is 13.7. The van der Waals surface area contributed by atoms with Crippen LogP contribution < -0.4 is 9.62 Å². The molecule has 5 nitrogen and oxygen atoms in total. The van der Waals surface area contributed by atoms with E-state index in [1.807, 2.05) is 6.07 Å². The van der Waals surface area contributed by atoms with Gasteiger partial charge in [-0.3, -0.25) is 9.10 Å². The largest absolute Gasteiger partial charge is 0.351 e. The van der Waals surface area contributed by atoms with Gasteiger partial charge in [-0.2, -0.15) is 11.8 Å². The number of para-hydroxylation sites is 1. The fourth-order valence-electron chi connectivity index (χ4n) is 3.69. The molecule has 4 aromatic carbocycles. The van der Waals surface area contributed by atoms with Crippen LogP contribution in [-0.4, -0.2) is 26.6 Å². The number of thioether (sulfide) groups is 1. The minimum Gasteiger partial charge on any atom is -0.351 e. The Morgan fingerprint density at radius 2 is 1.43 bits per heavy atom. The van der Waals surface area contributed by atoms with E-state index in [0.717, 1.165) is 5.56 Å². The van der Waals surface area contributed by atoms with E-state index in [0.29, 0.717) is 34.9 Å². The molecule has 190 valence electrons. The van der Waals surface area contributed by atoms with Gasteiger partial charge in [0.05, 0.1) is 17.1 Å². The van der Waals surface area contributed by atoms with Gasteiger partial charge in [-0.25, -0.2) is 12.8 Å². The Bertz CT molecular complexity index is 1410. The van der Waals surface area contributed by atoms with Crippen LogP contribution in [0.25, 0.3) is 0 Å². The van der Waals surface area contributed by atoms with E-state index in [2.05, 4.69) is 5.32 Å². The van der Waals surface area contributed by atoms with Gasteiger partial charge < -0.3 is 5.32 Å². The van der Waals surface area contributed by atoms with Gasteiger partial charge in [0.1, 0.15) is 5.82 Å². The number of benzene rings is 4. The Kier molecular flexibility index (Phi) is 8.98. The molecule has 0 aliphatic carbocycles. The van der Waals surface area contributed by atoms with E-state index >= 15 is 0 Å². The second-order valence-corrected chi connectivity index (χ2v) is 11.2. The lowest BCUT2D eigenvalue weighted by atomic mass is 10.1. The zero-order valence-corrected chi connectivity index (χ0v) is 21.7. The summed E-state index contributed by atoms with van der Waals surface area (Å²) in [5.41, 5.74) is 2.44. The van der Waals surface area contributed by atoms with Crippen LogP contribution in [0.2, 0.25) is 0 Å². The number of carbonyl (C=O) groups excluding carboxylic acids is 1. The van der Waals surface area contributed by atoms with Gasteiger partial charge in [-0.1, -0.05) is 66.7 Å². The SMILES string of the molecule is O=C(NCCSCc1ccccc1F)c1ccc(CN(c2ccccc2)S(=O)(=O)c2ccccc2)cc1. The van der Waals surface area contributed by atoms with Gasteiger partial charge in [0.15, 0.2) is 0 Å². The summed E-state index contributed by atoms with van der Waals surface area (Å²) < 4.78 is 41.9. The summed E-state index contributed by atoms with van der Waals surface area (Å²) in [6.07, 6.45) is 0. The van der Waals surface area contributed by atoms with E-state index in [-0.39, 0.29) is 23.2 Å². The number of anilines is 1. The van der Waals surface area contributed by atoms with Gasteiger partial charge >= 0.3 is 0 Å². The van der Waals surface area contributed by atoms with Crippen LogP contribution in [0, 0.1) is 5.82 Å². The number of halogens is 1. The summed E-state index contributed by atoms with van der Waals surface area (Å²) >= 11 is 1.55. The normalized spacial score (nSPS) is 11.2. The van der Waals surface area contributed by atoms with Gasteiger partial charge in [0.25, 0.3) is 15.9 Å². The summed E-state index contributed by atoms with van der Waals surface area (Å²) in [4.78, 5) is 12.8. The molecule has 0 aliphatic heterocycles. The first-order valence-electron chi connectivity index (χ1n) is 11.8. The zero-order valence-electron chi connectivity index (χ0n) is 20.1. The number of nitrogens with zero attached hydrogens (tertiary/aromatic N) is 1. The van der Waals surface area contributed by atoms with Crippen molar-refractivity contribution in [2.75, 3.05) is 16.6 Å².